The summed E-state index contributed by atoms with van der Waals surface area (Å²) in [6.45, 7) is 5.34. The van der Waals surface area contributed by atoms with E-state index in [1.165, 1.54) is 44.2 Å². The Labute approximate surface area is 127 Å². The van der Waals surface area contributed by atoms with E-state index in [-0.39, 0.29) is 11.9 Å². The summed E-state index contributed by atoms with van der Waals surface area (Å²) < 4.78 is 13.1. The molecule has 0 radical (unpaired) electrons. The van der Waals surface area contributed by atoms with Crippen LogP contribution in [-0.4, -0.2) is 6.54 Å². The Bertz CT molecular complexity index is 381. The Morgan fingerprint density at radius 3 is 2.50 bits per heavy atom. The van der Waals surface area contributed by atoms with Crippen molar-refractivity contribution in [3.63, 3.8) is 0 Å². The van der Waals surface area contributed by atoms with Crippen LogP contribution in [0.4, 0.5) is 4.39 Å². The molecule has 0 heterocycles. The van der Waals surface area contributed by atoms with Gasteiger partial charge in [-0.25, -0.2) is 4.39 Å². The molecule has 0 saturated carbocycles. The number of halogens is 2. The average molecular weight is 300 g/mol. The van der Waals surface area contributed by atoms with Gasteiger partial charge in [-0.2, -0.15) is 0 Å². The second-order valence-corrected chi connectivity index (χ2v) is 5.78. The Balaban J connectivity index is 2.58. The highest BCUT2D eigenvalue weighted by Crippen LogP contribution is 2.27. The summed E-state index contributed by atoms with van der Waals surface area (Å²) in [4.78, 5) is 0. The number of hydrogen-bond acceptors (Lipinski definition) is 1. The van der Waals surface area contributed by atoms with E-state index in [0.717, 1.165) is 24.9 Å². The zero-order valence-corrected chi connectivity index (χ0v) is 13.5. The Kier molecular flexibility index (Phi) is 8.88. The van der Waals surface area contributed by atoms with E-state index >= 15 is 0 Å². The van der Waals surface area contributed by atoms with E-state index in [1.807, 2.05) is 6.07 Å². The predicted molar refractivity (Wildman–Crippen MR) is 85.8 cm³/mol. The van der Waals surface area contributed by atoms with Crippen molar-refractivity contribution < 1.29 is 4.39 Å². The summed E-state index contributed by atoms with van der Waals surface area (Å²) in [5, 5.41) is 4.06. The first-order chi connectivity index (χ1) is 9.69. The van der Waals surface area contributed by atoms with Crippen molar-refractivity contribution >= 4 is 11.6 Å². The fourth-order valence-corrected chi connectivity index (χ4v) is 2.72. The Morgan fingerprint density at radius 2 is 1.85 bits per heavy atom. The molecule has 3 heteroatoms. The lowest BCUT2D eigenvalue weighted by Gasteiger charge is -2.20. The molecular weight excluding hydrogens is 273 g/mol. The number of unbranched alkanes of at least 4 members (excludes halogenated alkanes) is 4. The van der Waals surface area contributed by atoms with E-state index in [4.69, 9.17) is 11.6 Å². The third-order valence-electron chi connectivity index (χ3n) is 3.58. The van der Waals surface area contributed by atoms with E-state index in [2.05, 4.69) is 19.2 Å². The van der Waals surface area contributed by atoms with Gasteiger partial charge in [-0.3, -0.25) is 0 Å². The summed E-state index contributed by atoms with van der Waals surface area (Å²) in [5.41, 5.74) is 1.03. The molecule has 0 aliphatic heterocycles. The van der Waals surface area contributed by atoms with Crippen molar-refractivity contribution in [2.45, 2.75) is 64.8 Å². The molecular formula is C17H27ClFN. The second-order valence-electron chi connectivity index (χ2n) is 5.38. The monoisotopic (exact) mass is 299 g/mol. The molecule has 20 heavy (non-hydrogen) atoms. The van der Waals surface area contributed by atoms with Crippen LogP contribution in [0.2, 0.25) is 5.02 Å². The van der Waals surface area contributed by atoms with Crippen LogP contribution in [0.3, 0.4) is 0 Å². The van der Waals surface area contributed by atoms with Crippen LogP contribution >= 0.6 is 11.6 Å². The quantitative estimate of drug-likeness (QED) is 0.532. The van der Waals surface area contributed by atoms with Crippen molar-refractivity contribution in [1.82, 2.24) is 5.32 Å². The first kappa shape index (κ1) is 17.5. The van der Waals surface area contributed by atoms with Crippen LogP contribution in [0.5, 0.6) is 0 Å². The normalized spacial score (nSPS) is 12.6. The molecule has 0 bridgehead atoms. The van der Waals surface area contributed by atoms with Gasteiger partial charge in [0.1, 0.15) is 5.82 Å². The van der Waals surface area contributed by atoms with Gasteiger partial charge in [0.05, 0.1) is 0 Å². The van der Waals surface area contributed by atoms with Crippen LogP contribution in [0.25, 0.3) is 0 Å². The van der Waals surface area contributed by atoms with Gasteiger partial charge in [-0.1, -0.05) is 63.6 Å². The van der Waals surface area contributed by atoms with Gasteiger partial charge in [-0.05, 0) is 37.1 Å². The predicted octanol–water partition coefficient (Wildman–Crippen LogP) is 5.88. The summed E-state index contributed by atoms with van der Waals surface area (Å²) in [6.07, 6.45) is 8.48. The third-order valence-corrected chi connectivity index (χ3v) is 3.90. The van der Waals surface area contributed by atoms with Crippen LogP contribution < -0.4 is 5.32 Å². The van der Waals surface area contributed by atoms with Crippen molar-refractivity contribution in [3.8, 4) is 0 Å². The van der Waals surface area contributed by atoms with E-state index in [1.54, 1.807) is 0 Å². The maximum absolute atomic E-state index is 13.1. The second kappa shape index (κ2) is 10.2. The summed E-state index contributed by atoms with van der Waals surface area (Å²) in [5.74, 6) is -0.268. The van der Waals surface area contributed by atoms with Gasteiger partial charge in [0, 0.05) is 11.1 Å². The minimum absolute atomic E-state index is 0.240. The van der Waals surface area contributed by atoms with E-state index < -0.39 is 0 Å². The molecule has 1 nitrogen and oxygen atoms in total. The van der Waals surface area contributed by atoms with Gasteiger partial charge in [-0.15, -0.1) is 0 Å². The molecule has 1 aromatic rings. The molecule has 1 aromatic carbocycles. The molecule has 1 N–H and O–H groups in total. The minimum atomic E-state index is -0.268. The Morgan fingerprint density at radius 1 is 1.10 bits per heavy atom. The lowest BCUT2D eigenvalue weighted by Crippen LogP contribution is -2.22. The first-order valence-corrected chi connectivity index (χ1v) is 8.25. The van der Waals surface area contributed by atoms with E-state index in [0.29, 0.717) is 5.02 Å². The lowest BCUT2D eigenvalue weighted by atomic mass is 9.99. The summed E-state index contributed by atoms with van der Waals surface area (Å²) in [7, 11) is 0. The number of hydrogen-bond donors (Lipinski definition) is 1. The van der Waals surface area contributed by atoms with Crippen molar-refractivity contribution in [1.29, 1.82) is 0 Å². The fourth-order valence-electron chi connectivity index (χ4n) is 2.42. The van der Waals surface area contributed by atoms with Gasteiger partial charge < -0.3 is 5.32 Å². The molecule has 1 atom stereocenters. The molecule has 0 saturated heterocycles. The number of rotatable bonds is 10. The van der Waals surface area contributed by atoms with Crippen molar-refractivity contribution in [2.24, 2.45) is 0 Å². The zero-order chi connectivity index (χ0) is 14.8. The highest BCUT2D eigenvalue weighted by Gasteiger charge is 2.14. The van der Waals surface area contributed by atoms with Gasteiger partial charge in [0.25, 0.3) is 0 Å². The van der Waals surface area contributed by atoms with Crippen LogP contribution in [-0.2, 0) is 0 Å². The van der Waals surface area contributed by atoms with Crippen molar-refractivity contribution in [2.75, 3.05) is 6.54 Å². The largest absolute Gasteiger partial charge is 0.310 e. The highest BCUT2D eigenvalue weighted by atomic mass is 35.5. The SMILES string of the molecule is CCCCCCCC(NCCC)c1ccc(F)cc1Cl. The molecule has 0 amide bonds. The molecule has 0 spiro atoms. The minimum Gasteiger partial charge on any atom is -0.310 e. The van der Waals surface area contributed by atoms with Crippen molar-refractivity contribution in [3.05, 3.63) is 34.6 Å². The first-order valence-electron chi connectivity index (χ1n) is 7.87. The highest BCUT2D eigenvalue weighted by molar-refractivity contribution is 6.31. The zero-order valence-electron chi connectivity index (χ0n) is 12.7. The average Bonchev–Trinajstić information content (AvgIpc) is 2.43. The molecule has 0 fully saturated rings. The van der Waals surface area contributed by atoms with Gasteiger partial charge in [0.15, 0.2) is 0 Å². The number of benzene rings is 1. The standard InChI is InChI=1S/C17H27ClFN/c1-3-5-6-7-8-9-17(20-12-4-2)15-11-10-14(19)13-16(15)18/h10-11,13,17,20H,3-9,12H2,1-2H3. The fraction of sp³-hybridized carbons (Fsp3) is 0.647. The lowest BCUT2D eigenvalue weighted by molar-refractivity contribution is 0.467. The molecule has 0 aromatic heterocycles. The third kappa shape index (κ3) is 6.23. The summed E-state index contributed by atoms with van der Waals surface area (Å²) in [6, 6.07) is 4.97. The van der Waals surface area contributed by atoms with Crippen LogP contribution in [0.15, 0.2) is 18.2 Å². The maximum atomic E-state index is 13.1. The molecule has 114 valence electrons. The smallest absolute Gasteiger partial charge is 0.124 e. The molecule has 1 unspecified atom stereocenters. The van der Waals surface area contributed by atoms with E-state index in [9.17, 15) is 4.39 Å². The van der Waals surface area contributed by atoms with Gasteiger partial charge in [0.2, 0.25) is 0 Å². The van der Waals surface area contributed by atoms with Gasteiger partial charge >= 0.3 is 0 Å². The topological polar surface area (TPSA) is 12.0 Å². The number of nitrogens with one attached hydrogen (secondary N) is 1. The van der Waals surface area contributed by atoms with Crippen LogP contribution in [0, 0.1) is 5.82 Å². The molecule has 0 aliphatic carbocycles. The molecule has 1 rings (SSSR count). The Hall–Kier alpha value is -0.600. The summed E-state index contributed by atoms with van der Waals surface area (Å²) >= 11 is 6.19. The maximum Gasteiger partial charge on any atom is 0.124 e. The van der Waals surface area contributed by atoms with Crippen LogP contribution in [0.1, 0.15) is 70.4 Å². The molecule has 0 aliphatic rings.